The van der Waals surface area contributed by atoms with Gasteiger partial charge >= 0.3 is 5.97 Å². The molecule has 0 radical (unpaired) electrons. The van der Waals surface area contributed by atoms with E-state index >= 15 is 0 Å². The van der Waals surface area contributed by atoms with Crippen LogP contribution in [0.2, 0.25) is 0 Å². The Labute approximate surface area is 123 Å². The summed E-state index contributed by atoms with van der Waals surface area (Å²) in [7, 11) is 0. The number of aromatic carboxylic acids is 1. The van der Waals surface area contributed by atoms with E-state index in [1.807, 2.05) is 12.3 Å². The Kier molecular flexibility index (Phi) is 4.70. The molecule has 2 aromatic heterocycles. The highest BCUT2D eigenvalue weighted by Crippen LogP contribution is 2.19. The van der Waals surface area contributed by atoms with Crippen LogP contribution in [0.4, 0.5) is 5.13 Å². The molecule has 0 spiro atoms. The van der Waals surface area contributed by atoms with Crippen molar-refractivity contribution in [2.45, 2.75) is 11.8 Å². The van der Waals surface area contributed by atoms with E-state index in [4.69, 9.17) is 5.11 Å². The van der Waals surface area contributed by atoms with E-state index in [1.165, 1.54) is 35.4 Å². The van der Waals surface area contributed by atoms with Gasteiger partial charge in [-0.3, -0.25) is 4.79 Å². The number of carbonyl (C=O) groups is 2. The highest BCUT2D eigenvalue weighted by Gasteiger charge is 2.09. The molecule has 2 rings (SSSR count). The third-order valence-corrected chi connectivity index (χ3v) is 4.06. The van der Waals surface area contributed by atoms with Crippen LogP contribution in [-0.4, -0.2) is 32.7 Å². The van der Waals surface area contributed by atoms with Gasteiger partial charge in [0, 0.05) is 16.5 Å². The largest absolute Gasteiger partial charge is 0.477 e. The number of thioether (sulfide) groups is 1. The summed E-state index contributed by atoms with van der Waals surface area (Å²) in [5.74, 6) is -1.09. The number of hydrogen-bond donors (Lipinski definition) is 2. The van der Waals surface area contributed by atoms with Gasteiger partial charge in [0.15, 0.2) is 5.13 Å². The lowest BCUT2D eigenvalue weighted by atomic mass is 10.3. The fourth-order valence-corrected chi connectivity index (χ4v) is 2.76. The normalized spacial score (nSPS) is 10.2. The average molecular weight is 309 g/mol. The van der Waals surface area contributed by atoms with Gasteiger partial charge in [-0.2, -0.15) is 0 Å². The van der Waals surface area contributed by atoms with E-state index < -0.39 is 5.97 Å². The van der Waals surface area contributed by atoms with Gasteiger partial charge in [0.1, 0.15) is 5.69 Å². The number of nitrogens with one attached hydrogen (secondary N) is 1. The number of rotatable bonds is 5. The lowest BCUT2D eigenvalue weighted by Crippen LogP contribution is -2.13. The zero-order chi connectivity index (χ0) is 14.5. The first-order chi connectivity index (χ1) is 9.54. The topological polar surface area (TPSA) is 92.2 Å². The van der Waals surface area contributed by atoms with E-state index in [2.05, 4.69) is 15.3 Å². The maximum absolute atomic E-state index is 11.7. The number of aromatic nitrogens is 2. The van der Waals surface area contributed by atoms with Gasteiger partial charge in [0.2, 0.25) is 5.91 Å². The minimum atomic E-state index is -1.09. The van der Waals surface area contributed by atoms with Crippen LogP contribution >= 0.6 is 23.1 Å². The van der Waals surface area contributed by atoms with Gasteiger partial charge in [-0.25, -0.2) is 14.8 Å². The van der Waals surface area contributed by atoms with Crippen molar-refractivity contribution in [3.8, 4) is 0 Å². The molecule has 8 heteroatoms. The van der Waals surface area contributed by atoms with Crippen LogP contribution in [0.25, 0.3) is 0 Å². The molecular formula is C12H11N3O3S2. The molecule has 0 aliphatic rings. The van der Waals surface area contributed by atoms with E-state index in [-0.39, 0.29) is 17.4 Å². The van der Waals surface area contributed by atoms with Crippen LogP contribution in [0.3, 0.4) is 0 Å². The number of carboxylic acids is 1. The van der Waals surface area contributed by atoms with Crippen molar-refractivity contribution >= 4 is 40.1 Å². The molecule has 6 nitrogen and oxygen atoms in total. The van der Waals surface area contributed by atoms with Gasteiger partial charge in [-0.1, -0.05) is 0 Å². The van der Waals surface area contributed by atoms with E-state index in [1.54, 1.807) is 6.07 Å². The smallest absolute Gasteiger partial charge is 0.354 e. The number of aryl methyl sites for hydroxylation is 1. The molecule has 0 saturated carbocycles. The van der Waals surface area contributed by atoms with Crippen LogP contribution in [0, 0.1) is 6.92 Å². The molecule has 0 unspecified atom stereocenters. The molecule has 0 atom stereocenters. The monoisotopic (exact) mass is 309 g/mol. The van der Waals surface area contributed by atoms with Crippen LogP contribution in [-0.2, 0) is 4.79 Å². The zero-order valence-corrected chi connectivity index (χ0v) is 12.1. The summed E-state index contributed by atoms with van der Waals surface area (Å²) in [4.78, 5) is 31.0. The SMILES string of the molecule is Cc1csc(NC(=O)CSc2ccnc(C(=O)O)c2)n1. The highest BCUT2D eigenvalue weighted by atomic mass is 32.2. The molecule has 0 aliphatic carbocycles. The third kappa shape index (κ3) is 4.04. The number of pyridine rings is 1. The predicted octanol–water partition coefficient (Wildman–Crippen LogP) is 2.28. The molecule has 0 bridgehead atoms. The fourth-order valence-electron chi connectivity index (χ4n) is 1.33. The number of carboxylic acid groups (broad SMARTS) is 1. The minimum Gasteiger partial charge on any atom is -0.477 e. The van der Waals surface area contributed by atoms with Crippen molar-refractivity contribution in [1.82, 2.24) is 9.97 Å². The average Bonchev–Trinajstić information content (AvgIpc) is 2.82. The van der Waals surface area contributed by atoms with Crippen LogP contribution < -0.4 is 5.32 Å². The van der Waals surface area contributed by atoms with Crippen molar-refractivity contribution < 1.29 is 14.7 Å². The maximum atomic E-state index is 11.7. The Bertz CT molecular complexity index is 642. The molecule has 104 valence electrons. The van der Waals surface area contributed by atoms with Crippen molar-refractivity contribution in [3.63, 3.8) is 0 Å². The first-order valence-corrected chi connectivity index (χ1v) is 7.45. The summed E-state index contributed by atoms with van der Waals surface area (Å²) in [6.07, 6.45) is 1.41. The second-order valence-corrected chi connectivity index (χ2v) is 5.72. The Morgan fingerprint density at radius 2 is 2.30 bits per heavy atom. The quantitative estimate of drug-likeness (QED) is 0.823. The Morgan fingerprint density at radius 3 is 2.95 bits per heavy atom. The molecule has 0 aliphatic heterocycles. The Hall–Kier alpha value is -1.93. The Balaban J connectivity index is 1.90. The molecular weight excluding hydrogens is 298 g/mol. The number of amides is 1. The third-order valence-electron chi connectivity index (χ3n) is 2.19. The van der Waals surface area contributed by atoms with Crippen molar-refractivity contribution in [3.05, 3.63) is 35.1 Å². The number of thiazole rings is 1. The van der Waals surface area contributed by atoms with E-state index in [0.29, 0.717) is 10.0 Å². The van der Waals surface area contributed by atoms with Crippen LogP contribution in [0.5, 0.6) is 0 Å². The molecule has 2 heterocycles. The Morgan fingerprint density at radius 1 is 1.50 bits per heavy atom. The summed E-state index contributed by atoms with van der Waals surface area (Å²) in [6, 6.07) is 3.10. The van der Waals surface area contributed by atoms with Crippen molar-refractivity contribution in [1.29, 1.82) is 0 Å². The first kappa shape index (κ1) is 14.5. The number of anilines is 1. The summed E-state index contributed by atoms with van der Waals surface area (Å²) >= 11 is 2.61. The van der Waals surface area contributed by atoms with E-state index in [0.717, 1.165) is 5.69 Å². The number of nitrogens with zero attached hydrogens (tertiary/aromatic N) is 2. The van der Waals surface area contributed by atoms with Crippen molar-refractivity contribution in [2.75, 3.05) is 11.1 Å². The molecule has 20 heavy (non-hydrogen) atoms. The van der Waals surface area contributed by atoms with Crippen LogP contribution in [0.1, 0.15) is 16.2 Å². The minimum absolute atomic E-state index is 0.0362. The highest BCUT2D eigenvalue weighted by molar-refractivity contribution is 8.00. The standard InChI is InChI=1S/C12H11N3O3S2/c1-7-5-20-12(14-7)15-10(16)6-19-8-2-3-13-9(4-8)11(17)18/h2-5H,6H2,1H3,(H,17,18)(H,14,15,16). The molecule has 2 N–H and O–H groups in total. The lowest BCUT2D eigenvalue weighted by Gasteiger charge is -2.02. The van der Waals surface area contributed by atoms with Crippen LogP contribution in [0.15, 0.2) is 28.6 Å². The first-order valence-electron chi connectivity index (χ1n) is 5.59. The molecule has 1 amide bonds. The molecule has 2 aromatic rings. The van der Waals surface area contributed by atoms with E-state index in [9.17, 15) is 9.59 Å². The summed E-state index contributed by atoms with van der Waals surface area (Å²) < 4.78 is 0. The van der Waals surface area contributed by atoms with Gasteiger partial charge in [0.05, 0.1) is 11.4 Å². The maximum Gasteiger partial charge on any atom is 0.354 e. The molecule has 0 fully saturated rings. The van der Waals surface area contributed by atoms with Gasteiger partial charge in [-0.15, -0.1) is 23.1 Å². The number of carbonyl (C=O) groups excluding carboxylic acids is 1. The predicted molar refractivity (Wildman–Crippen MR) is 77.4 cm³/mol. The molecule has 0 aromatic carbocycles. The lowest BCUT2D eigenvalue weighted by molar-refractivity contribution is -0.113. The molecule has 0 saturated heterocycles. The summed E-state index contributed by atoms with van der Waals surface area (Å²) in [5.41, 5.74) is 0.823. The summed E-state index contributed by atoms with van der Waals surface area (Å²) in [6.45, 7) is 1.85. The number of hydrogen-bond acceptors (Lipinski definition) is 6. The summed E-state index contributed by atoms with van der Waals surface area (Å²) in [5, 5.41) is 13.9. The fraction of sp³-hybridized carbons (Fsp3) is 0.167. The van der Waals surface area contributed by atoms with Gasteiger partial charge in [0.25, 0.3) is 0 Å². The second kappa shape index (κ2) is 6.49. The zero-order valence-electron chi connectivity index (χ0n) is 10.5. The van der Waals surface area contributed by atoms with Crippen molar-refractivity contribution in [2.24, 2.45) is 0 Å². The van der Waals surface area contributed by atoms with Gasteiger partial charge in [-0.05, 0) is 19.1 Å². The van der Waals surface area contributed by atoms with Gasteiger partial charge < -0.3 is 10.4 Å². The second-order valence-electron chi connectivity index (χ2n) is 3.81.